The number of likely N-dealkylation sites (N-methyl/N-ethyl adjacent to an activating group) is 1. The molecular weight excluding hydrogens is 330 g/mol. The Morgan fingerprint density at radius 1 is 1.29 bits per heavy atom. The molecule has 2 aliphatic rings. The minimum Gasteiger partial charge on any atom is -0.356 e. The Morgan fingerprint density at radius 2 is 2.04 bits per heavy atom. The second-order valence-electron chi connectivity index (χ2n) is 6.84. The summed E-state index contributed by atoms with van der Waals surface area (Å²) in [5.41, 5.74) is 0.944. The number of rotatable bonds is 1. The topological polar surface area (TPSA) is 70.5 Å². The summed E-state index contributed by atoms with van der Waals surface area (Å²) in [5.74, 6) is 0.00753. The number of aryl methyl sites for hydroxylation is 2. The van der Waals surface area contributed by atoms with Crippen molar-refractivity contribution in [3.8, 4) is 0 Å². The zero-order chi connectivity index (χ0) is 17.5. The first-order valence-electron chi connectivity index (χ1n) is 8.30. The standard InChI is InChI=1S/C16H24ClN5O2/c1-11-13(17)14(21(3)19-11)15(24)22-9-8-20(2)16(10-22)5-4-12(23)18-7-6-16/h4-10H2,1-3H3,(H,18,23)/t16-/m1/s1. The van der Waals surface area contributed by atoms with Gasteiger partial charge in [-0.15, -0.1) is 0 Å². The van der Waals surface area contributed by atoms with Crippen LogP contribution in [-0.2, 0) is 11.8 Å². The molecule has 2 amide bonds. The monoisotopic (exact) mass is 353 g/mol. The molecule has 1 atom stereocenters. The van der Waals surface area contributed by atoms with Crippen LogP contribution in [0.4, 0.5) is 0 Å². The zero-order valence-electron chi connectivity index (χ0n) is 14.4. The Balaban J connectivity index is 1.85. The molecule has 3 rings (SSSR count). The minimum absolute atomic E-state index is 0.0842. The van der Waals surface area contributed by atoms with Crippen LogP contribution in [-0.4, -0.2) is 70.2 Å². The van der Waals surface area contributed by atoms with Gasteiger partial charge in [0.25, 0.3) is 5.91 Å². The maximum Gasteiger partial charge on any atom is 0.273 e. The van der Waals surface area contributed by atoms with Crippen molar-refractivity contribution in [1.29, 1.82) is 0 Å². The van der Waals surface area contributed by atoms with E-state index in [4.69, 9.17) is 11.6 Å². The molecule has 132 valence electrons. The lowest BCUT2D eigenvalue weighted by atomic mass is 9.86. The molecular formula is C16H24ClN5O2. The quantitative estimate of drug-likeness (QED) is 0.811. The van der Waals surface area contributed by atoms with Crippen LogP contribution in [0.5, 0.6) is 0 Å². The van der Waals surface area contributed by atoms with Crippen molar-refractivity contribution in [2.24, 2.45) is 7.05 Å². The Bertz CT molecular complexity index is 674. The molecule has 0 saturated carbocycles. The fourth-order valence-electron chi connectivity index (χ4n) is 3.78. The number of hydrogen-bond donors (Lipinski definition) is 1. The number of carbonyl (C=O) groups excluding carboxylic acids is 2. The molecule has 0 radical (unpaired) electrons. The van der Waals surface area contributed by atoms with Crippen molar-refractivity contribution < 1.29 is 9.59 Å². The summed E-state index contributed by atoms with van der Waals surface area (Å²) >= 11 is 6.28. The van der Waals surface area contributed by atoms with Gasteiger partial charge in [0.2, 0.25) is 5.91 Å². The van der Waals surface area contributed by atoms with E-state index in [-0.39, 0.29) is 17.4 Å². The van der Waals surface area contributed by atoms with Crippen molar-refractivity contribution in [1.82, 2.24) is 24.9 Å². The van der Waals surface area contributed by atoms with E-state index < -0.39 is 0 Å². The smallest absolute Gasteiger partial charge is 0.273 e. The third-order valence-corrected chi connectivity index (χ3v) is 5.82. The van der Waals surface area contributed by atoms with E-state index >= 15 is 0 Å². The molecule has 1 aromatic rings. The molecule has 3 heterocycles. The Labute approximate surface area is 146 Å². The minimum atomic E-state index is -0.160. The van der Waals surface area contributed by atoms with Crippen molar-refractivity contribution in [2.45, 2.75) is 31.7 Å². The van der Waals surface area contributed by atoms with Crippen LogP contribution >= 0.6 is 11.6 Å². The van der Waals surface area contributed by atoms with Gasteiger partial charge in [-0.25, -0.2) is 0 Å². The number of nitrogens with one attached hydrogen (secondary N) is 1. The molecule has 1 aromatic heterocycles. The van der Waals surface area contributed by atoms with E-state index in [0.29, 0.717) is 42.5 Å². The molecule has 2 aliphatic heterocycles. The van der Waals surface area contributed by atoms with Crippen LogP contribution in [0.2, 0.25) is 5.02 Å². The molecule has 24 heavy (non-hydrogen) atoms. The van der Waals surface area contributed by atoms with Crippen LogP contribution in [0, 0.1) is 6.92 Å². The summed E-state index contributed by atoms with van der Waals surface area (Å²) < 4.78 is 1.56. The van der Waals surface area contributed by atoms with Gasteiger partial charge in [-0.3, -0.25) is 19.2 Å². The highest BCUT2D eigenvalue weighted by molar-refractivity contribution is 6.34. The normalized spacial score (nSPS) is 25.7. The molecule has 1 N–H and O–H groups in total. The van der Waals surface area contributed by atoms with Crippen molar-refractivity contribution in [3.63, 3.8) is 0 Å². The van der Waals surface area contributed by atoms with Gasteiger partial charge in [0, 0.05) is 45.2 Å². The highest BCUT2D eigenvalue weighted by Gasteiger charge is 2.42. The van der Waals surface area contributed by atoms with E-state index in [9.17, 15) is 9.59 Å². The highest BCUT2D eigenvalue weighted by atomic mass is 35.5. The SMILES string of the molecule is Cc1nn(C)c(C(=O)N2CCN(C)[C@]3(CCNC(=O)CC3)C2)c1Cl. The molecule has 0 aromatic carbocycles. The lowest BCUT2D eigenvalue weighted by Crippen LogP contribution is -2.62. The van der Waals surface area contributed by atoms with E-state index in [2.05, 4.69) is 22.4 Å². The Hall–Kier alpha value is -1.60. The van der Waals surface area contributed by atoms with Gasteiger partial charge in [-0.1, -0.05) is 11.6 Å². The first-order valence-corrected chi connectivity index (χ1v) is 8.68. The lowest BCUT2D eigenvalue weighted by molar-refractivity contribution is -0.121. The van der Waals surface area contributed by atoms with Gasteiger partial charge in [-0.05, 0) is 26.8 Å². The van der Waals surface area contributed by atoms with Crippen LogP contribution in [0.25, 0.3) is 0 Å². The van der Waals surface area contributed by atoms with Gasteiger partial charge in [0.15, 0.2) is 0 Å². The molecule has 0 bridgehead atoms. The number of halogens is 1. The number of nitrogens with zero attached hydrogens (tertiary/aromatic N) is 4. The van der Waals surface area contributed by atoms with Gasteiger partial charge in [0.1, 0.15) is 5.69 Å². The second-order valence-corrected chi connectivity index (χ2v) is 7.22. The highest BCUT2D eigenvalue weighted by Crippen LogP contribution is 2.31. The van der Waals surface area contributed by atoms with Crippen molar-refractivity contribution >= 4 is 23.4 Å². The fraction of sp³-hybridized carbons (Fsp3) is 0.688. The Kier molecular flexibility index (Phi) is 4.57. The van der Waals surface area contributed by atoms with E-state index in [0.717, 1.165) is 19.4 Å². The van der Waals surface area contributed by atoms with Crippen LogP contribution in [0.3, 0.4) is 0 Å². The van der Waals surface area contributed by atoms with Crippen molar-refractivity contribution in [2.75, 3.05) is 33.2 Å². The fourth-order valence-corrected chi connectivity index (χ4v) is 4.03. The van der Waals surface area contributed by atoms with Crippen LogP contribution in [0.1, 0.15) is 35.4 Å². The van der Waals surface area contributed by atoms with Crippen molar-refractivity contribution in [3.05, 3.63) is 16.4 Å². The van der Waals surface area contributed by atoms with Gasteiger partial charge >= 0.3 is 0 Å². The number of piperazine rings is 1. The summed E-state index contributed by atoms with van der Waals surface area (Å²) in [6.45, 7) is 4.50. The molecule has 8 heteroatoms. The number of carbonyl (C=O) groups is 2. The summed E-state index contributed by atoms with van der Waals surface area (Å²) in [5, 5.41) is 7.60. The maximum absolute atomic E-state index is 13.0. The van der Waals surface area contributed by atoms with Crippen LogP contribution < -0.4 is 5.32 Å². The summed E-state index contributed by atoms with van der Waals surface area (Å²) in [4.78, 5) is 28.9. The number of hydrogen-bond acceptors (Lipinski definition) is 4. The molecule has 7 nitrogen and oxygen atoms in total. The van der Waals surface area contributed by atoms with E-state index in [1.165, 1.54) is 0 Å². The van der Waals surface area contributed by atoms with Gasteiger partial charge in [0.05, 0.1) is 10.7 Å². The third kappa shape index (κ3) is 2.91. The number of amides is 2. The molecule has 2 saturated heterocycles. The average molecular weight is 354 g/mol. The summed E-state index contributed by atoms with van der Waals surface area (Å²) in [7, 11) is 3.82. The molecule has 2 fully saturated rings. The summed E-state index contributed by atoms with van der Waals surface area (Å²) in [6.07, 6.45) is 2.10. The van der Waals surface area contributed by atoms with E-state index in [1.54, 1.807) is 18.7 Å². The predicted molar refractivity (Wildman–Crippen MR) is 91.1 cm³/mol. The Morgan fingerprint density at radius 3 is 2.71 bits per heavy atom. The van der Waals surface area contributed by atoms with Gasteiger partial charge < -0.3 is 10.2 Å². The lowest BCUT2D eigenvalue weighted by Gasteiger charge is -2.49. The largest absolute Gasteiger partial charge is 0.356 e. The predicted octanol–water partition coefficient (Wildman–Crippen LogP) is 0.808. The first-order chi connectivity index (χ1) is 11.3. The second kappa shape index (κ2) is 6.37. The summed E-state index contributed by atoms with van der Waals surface area (Å²) in [6, 6.07) is 0. The first kappa shape index (κ1) is 17.2. The van der Waals surface area contributed by atoms with Gasteiger partial charge in [-0.2, -0.15) is 5.10 Å². The third-order valence-electron chi connectivity index (χ3n) is 5.37. The zero-order valence-corrected chi connectivity index (χ0v) is 15.2. The maximum atomic E-state index is 13.0. The van der Waals surface area contributed by atoms with E-state index in [1.807, 2.05) is 4.90 Å². The molecule has 1 spiro atoms. The average Bonchev–Trinajstić information content (AvgIpc) is 2.69. The molecule has 0 aliphatic carbocycles. The molecule has 0 unspecified atom stereocenters. The van der Waals surface area contributed by atoms with Crippen LogP contribution in [0.15, 0.2) is 0 Å². The number of aromatic nitrogens is 2.